The quantitative estimate of drug-likeness (QED) is 0.517. The Morgan fingerprint density at radius 3 is 2.20 bits per heavy atom. The average Bonchev–Trinajstić information content (AvgIpc) is 2.83. The molecule has 0 bridgehead atoms. The van der Waals surface area contributed by atoms with Crippen LogP contribution in [0.4, 0.5) is 0 Å². The van der Waals surface area contributed by atoms with Crippen molar-refractivity contribution >= 4 is 17.8 Å². The summed E-state index contributed by atoms with van der Waals surface area (Å²) < 4.78 is 0. The van der Waals surface area contributed by atoms with Gasteiger partial charge in [0.05, 0.1) is 11.1 Å². The molecule has 2 amide bonds. The van der Waals surface area contributed by atoms with E-state index in [0.717, 1.165) is 19.0 Å². The maximum Gasteiger partial charge on any atom is 0.261 e. The first-order valence-electron chi connectivity index (χ1n) is 8.92. The summed E-state index contributed by atoms with van der Waals surface area (Å²) in [5.41, 5.74) is 0.992. The van der Waals surface area contributed by atoms with Gasteiger partial charge in [-0.1, -0.05) is 26.0 Å². The first-order valence-corrected chi connectivity index (χ1v) is 8.92. The van der Waals surface area contributed by atoms with Crippen LogP contribution in [0.1, 0.15) is 41.0 Å². The number of guanidine groups is 1. The van der Waals surface area contributed by atoms with E-state index < -0.39 is 0 Å². The second-order valence-corrected chi connectivity index (χ2v) is 7.13. The van der Waals surface area contributed by atoms with Gasteiger partial charge in [-0.05, 0) is 30.4 Å². The van der Waals surface area contributed by atoms with E-state index in [2.05, 4.69) is 29.1 Å². The summed E-state index contributed by atoms with van der Waals surface area (Å²) in [5.74, 6) is 1.70. The maximum absolute atomic E-state index is 12.4. The third-order valence-corrected chi connectivity index (χ3v) is 4.88. The number of piperidine rings is 1. The molecular formula is C19H26N4O2. The Labute approximate surface area is 148 Å². The van der Waals surface area contributed by atoms with Crippen molar-refractivity contribution < 1.29 is 9.59 Å². The molecule has 2 unspecified atom stereocenters. The van der Waals surface area contributed by atoms with Gasteiger partial charge in [-0.15, -0.1) is 0 Å². The van der Waals surface area contributed by atoms with Crippen molar-refractivity contribution in [1.82, 2.24) is 15.1 Å². The minimum atomic E-state index is -0.211. The van der Waals surface area contributed by atoms with Gasteiger partial charge in [-0.25, -0.2) is 0 Å². The van der Waals surface area contributed by atoms with Gasteiger partial charge in [0.1, 0.15) is 0 Å². The molecule has 0 radical (unpaired) electrons. The highest BCUT2D eigenvalue weighted by molar-refractivity contribution is 6.21. The minimum absolute atomic E-state index is 0.211. The molecule has 2 aliphatic heterocycles. The van der Waals surface area contributed by atoms with E-state index in [1.165, 1.54) is 11.3 Å². The Bertz CT molecular complexity index is 655. The van der Waals surface area contributed by atoms with Gasteiger partial charge in [0.15, 0.2) is 5.96 Å². The molecule has 6 heteroatoms. The van der Waals surface area contributed by atoms with Crippen LogP contribution in [0.3, 0.4) is 0 Å². The molecule has 2 aliphatic rings. The second kappa shape index (κ2) is 7.25. The number of fused-ring (bicyclic) bond motifs is 1. The lowest BCUT2D eigenvalue weighted by Crippen LogP contribution is -2.50. The van der Waals surface area contributed by atoms with Gasteiger partial charge >= 0.3 is 0 Å². The number of hydrogen-bond acceptors (Lipinski definition) is 3. The summed E-state index contributed by atoms with van der Waals surface area (Å²) in [5, 5.41) is 3.30. The summed E-state index contributed by atoms with van der Waals surface area (Å²) in [6, 6.07) is 6.98. The minimum Gasteiger partial charge on any atom is -0.354 e. The number of benzene rings is 1. The third kappa shape index (κ3) is 3.52. The van der Waals surface area contributed by atoms with Crippen molar-refractivity contribution in [2.24, 2.45) is 16.8 Å². The predicted molar refractivity (Wildman–Crippen MR) is 97.7 cm³/mol. The lowest BCUT2D eigenvalue weighted by molar-refractivity contribution is 0.0657. The van der Waals surface area contributed by atoms with E-state index in [-0.39, 0.29) is 11.8 Å². The van der Waals surface area contributed by atoms with Crippen molar-refractivity contribution in [3.05, 3.63) is 35.4 Å². The molecule has 1 aromatic rings. The Balaban J connectivity index is 1.57. The SMILES string of the molecule is CN=C(NCCN1C(=O)c2ccccc2C1=O)N1CC(C)CC(C)C1. The van der Waals surface area contributed by atoms with Crippen LogP contribution in [0.5, 0.6) is 0 Å². The van der Waals surface area contributed by atoms with E-state index in [0.29, 0.717) is 36.1 Å². The van der Waals surface area contributed by atoms with Gasteiger partial charge in [-0.3, -0.25) is 19.5 Å². The summed E-state index contributed by atoms with van der Waals surface area (Å²) >= 11 is 0. The molecule has 1 aromatic carbocycles. The Kier molecular flexibility index (Phi) is 5.06. The van der Waals surface area contributed by atoms with E-state index >= 15 is 0 Å². The fraction of sp³-hybridized carbons (Fsp3) is 0.526. The monoisotopic (exact) mass is 342 g/mol. The van der Waals surface area contributed by atoms with Gasteiger partial charge in [0.25, 0.3) is 11.8 Å². The van der Waals surface area contributed by atoms with Crippen molar-refractivity contribution in [2.75, 3.05) is 33.2 Å². The molecule has 6 nitrogen and oxygen atoms in total. The Morgan fingerprint density at radius 2 is 1.68 bits per heavy atom. The topological polar surface area (TPSA) is 65.0 Å². The second-order valence-electron chi connectivity index (χ2n) is 7.13. The molecular weight excluding hydrogens is 316 g/mol. The molecule has 0 saturated carbocycles. The van der Waals surface area contributed by atoms with Crippen LogP contribution in [0.2, 0.25) is 0 Å². The largest absolute Gasteiger partial charge is 0.354 e. The van der Waals surface area contributed by atoms with E-state index in [4.69, 9.17) is 0 Å². The lowest BCUT2D eigenvalue weighted by atomic mass is 9.92. The third-order valence-electron chi connectivity index (χ3n) is 4.88. The van der Waals surface area contributed by atoms with Crippen LogP contribution >= 0.6 is 0 Å². The standard InChI is InChI=1S/C19H26N4O2/c1-13-10-14(2)12-22(11-13)19(20-3)21-8-9-23-17(24)15-6-4-5-7-16(15)18(23)25/h4-7,13-14H,8-12H2,1-3H3,(H,20,21). The van der Waals surface area contributed by atoms with Crippen LogP contribution < -0.4 is 5.32 Å². The molecule has 2 atom stereocenters. The first kappa shape index (κ1) is 17.5. The molecule has 1 saturated heterocycles. The van der Waals surface area contributed by atoms with Crippen molar-refractivity contribution in [3.63, 3.8) is 0 Å². The molecule has 1 fully saturated rings. The molecule has 0 aliphatic carbocycles. The van der Waals surface area contributed by atoms with Crippen molar-refractivity contribution in [1.29, 1.82) is 0 Å². The van der Waals surface area contributed by atoms with Gasteiger partial charge in [0.2, 0.25) is 0 Å². The number of amides is 2. The molecule has 3 rings (SSSR count). The smallest absolute Gasteiger partial charge is 0.261 e. The summed E-state index contributed by atoms with van der Waals surface area (Å²) in [6.07, 6.45) is 1.24. The molecule has 134 valence electrons. The number of nitrogens with zero attached hydrogens (tertiary/aromatic N) is 3. The zero-order chi connectivity index (χ0) is 18.0. The first-order chi connectivity index (χ1) is 12.0. The molecule has 2 heterocycles. The lowest BCUT2D eigenvalue weighted by Gasteiger charge is -2.37. The summed E-state index contributed by atoms with van der Waals surface area (Å²) in [7, 11) is 1.77. The average molecular weight is 342 g/mol. The fourth-order valence-electron chi connectivity index (χ4n) is 3.89. The highest BCUT2D eigenvalue weighted by Gasteiger charge is 2.34. The fourth-order valence-corrected chi connectivity index (χ4v) is 3.89. The number of nitrogens with one attached hydrogen (secondary N) is 1. The number of likely N-dealkylation sites (tertiary alicyclic amines) is 1. The van der Waals surface area contributed by atoms with E-state index in [9.17, 15) is 9.59 Å². The van der Waals surface area contributed by atoms with Gasteiger partial charge in [0, 0.05) is 33.2 Å². The maximum atomic E-state index is 12.4. The number of carbonyl (C=O) groups is 2. The highest BCUT2D eigenvalue weighted by Crippen LogP contribution is 2.22. The zero-order valence-electron chi connectivity index (χ0n) is 15.2. The molecule has 25 heavy (non-hydrogen) atoms. The number of rotatable bonds is 3. The van der Waals surface area contributed by atoms with Crippen LogP contribution in [-0.4, -0.2) is 60.8 Å². The predicted octanol–water partition coefficient (Wildman–Crippen LogP) is 1.84. The van der Waals surface area contributed by atoms with E-state index in [1.807, 2.05) is 0 Å². The highest BCUT2D eigenvalue weighted by atomic mass is 16.2. The van der Waals surface area contributed by atoms with Crippen LogP contribution in [0, 0.1) is 11.8 Å². The molecule has 0 spiro atoms. The van der Waals surface area contributed by atoms with Gasteiger partial charge < -0.3 is 10.2 Å². The molecule has 0 aromatic heterocycles. The van der Waals surface area contributed by atoms with Crippen LogP contribution in [-0.2, 0) is 0 Å². The Hall–Kier alpha value is -2.37. The number of imide groups is 1. The van der Waals surface area contributed by atoms with Crippen LogP contribution in [0.15, 0.2) is 29.3 Å². The Morgan fingerprint density at radius 1 is 1.12 bits per heavy atom. The summed E-state index contributed by atoms with van der Waals surface area (Å²) in [6.45, 7) is 7.32. The molecule has 1 N–H and O–H groups in total. The normalized spacial score (nSPS) is 23.9. The summed E-state index contributed by atoms with van der Waals surface area (Å²) in [4.78, 5) is 32.7. The van der Waals surface area contributed by atoms with Crippen LogP contribution in [0.25, 0.3) is 0 Å². The van der Waals surface area contributed by atoms with Gasteiger partial charge in [-0.2, -0.15) is 0 Å². The number of carbonyl (C=O) groups excluding carboxylic acids is 2. The number of hydrogen-bond donors (Lipinski definition) is 1. The number of aliphatic imine (C=N–C) groups is 1. The van der Waals surface area contributed by atoms with Crippen molar-refractivity contribution in [3.8, 4) is 0 Å². The zero-order valence-corrected chi connectivity index (χ0v) is 15.2. The van der Waals surface area contributed by atoms with E-state index in [1.54, 1.807) is 31.3 Å². The van der Waals surface area contributed by atoms with Crippen molar-refractivity contribution in [2.45, 2.75) is 20.3 Å².